The van der Waals surface area contributed by atoms with Crippen LogP contribution >= 0.6 is 0 Å². The largest absolute Gasteiger partial charge is 0.380 e. The minimum absolute atomic E-state index is 0.806. The Kier molecular flexibility index (Phi) is 4.76. The van der Waals surface area contributed by atoms with Gasteiger partial charge < -0.3 is 15.0 Å². The van der Waals surface area contributed by atoms with Crippen molar-refractivity contribution in [1.82, 2.24) is 10.3 Å². The topological polar surface area (TPSA) is 37.4 Å². The monoisotopic (exact) mass is 235 g/mol. The quantitative estimate of drug-likeness (QED) is 0.856. The number of nitrogens with zero attached hydrogens (tertiary/aromatic N) is 2. The van der Waals surface area contributed by atoms with Crippen LogP contribution in [0.2, 0.25) is 0 Å². The van der Waals surface area contributed by atoms with E-state index in [0.29, 0.717) is 0 Å². The second-order valence-electron chi connectivity index (χ2n) is 4.26. The van der Waals surface area contributed by atoms with Gasteiger partial charge in [0.05, 0.1) is 6.61 Å². The smallest absolute Gasteiger partial charge is 0.128 e. The van der Waals surface area contributed by atoms with Gasteiger partial charge >= 0.3 is 0 Å². The first kappa shape index (κ1) is 12.3. The first-order valence-corrected chi connectivity index (χ1v) is 6.38. The van der Waals surface area contributed by atoms with Crippen molar-refractivity contribution >= 4 is 5.82 Å². The van der Waals surface area contributed by atoms with E-state index in [1.807, 2.05) is 6.20 Å². The van der Waals surface area contributed by atoms with Crippen LogP contribution in [0.5, 0.6) is 0 Å². The van der Waals surface area contributed by atoms with Crippen LogP contribution in [0.1, 0.15) is 18.9 Å². The van der Waals surface area contributed by atoms with Gasteiger partial charge in [-0.25, -0.2) is 4.98 Å². The molecule has 2 rings (SSSR count). The van der Waals surface area contributed by atoms with Crippen LogP contribution in [-0.4, -0.2) is 37.8 Å². The fourth-order valence-corrected chi connectivity index (χ4v) is 1.95. The lowest BCUT2D eigenvalue weighted by molar-refractivity contribution is 0.152. The Morgan fingerprint density at radius 1 is 1.35 bits per heavy atom. The Hall–Kier alpha value is -1.13. The Morgan fingerprint density at radius 2 is 2.29 bits per heavy atom. The molecule has 1 fully saturated rings. The van der Waals surface area contributed by atoms with Crippen LogP contribution in [0.3, 0.4) is 0 Å². The van der Waals surface area contributed by atoms with Crippen molar-refractivity contribution in [3.8, 4) is 0 Å². The third-order valence-corrected chi connectivity index (χ3v) is 2.93. The van der Waals surface area contributed by atoms with Gasteiger partial charge in [0, 0.05) is 32.4 Å². The van der Waals surface area contributed by atoms with Crippen molar-refractivity contribution in [3.05, 3.63) is 23.9 Å². The van der Waals surface area contributed by atoms with E-state index in [9.17, 15) is 0 Å². The number of anilines is 1. The molecule has 17 heavy (non-hydrogen) atoms. The summed E-state index contributed by atoms with van der Waals surface area (Å²) in [7, 11) is 0. The van der Waals surface area contributed by atoms with Crippen molar-refractivity contribution in [3.63, 3.8) is 0 Å². The van der Waals surface area contributed by atoms with Crippen molar-refractivity contribution in [2.75, 3.05) is 37.7 Å². The molecule has 0 atom stereocenters. The molecule has 0 amide bonds. The van der Waals surface area contributed by atoms with Crippen LogP contribution in [0.4, 0.5) is 5.82 Å². The number of nitrogens with one attached hydrogen (secondary N) is 1. The van der Waals surface area contributed by atoms with Gasteiger partial charge in [0.15, 0.2) is 0 Å². The summed E-state index contributed by atoms with van der Waals surface area (Å²) in [5.41, 5.74) is 1.24. The molecule has 2 heterocycles. The molecule has 0 spiro atoms. The minimum Gasteiger partial charge on any atom is -0.380 e. The average molecular weight is 235 g/mol. The summed E-state index contributed by atoms with van der Waals surface area (Å²) in [6.45, 7) is 7.66. The van der Waals surface area contributed by atoms with Gasteiger partial charge in [0.25, 0.3) is 0 Å². The summed E-state index contributed by atoms with van der Waals surface area (Å²) in [6, 6.07) is 4.26. The fraction of sp³-hybridized carbons (Fsp3) is 0.615. The van der Waals surface area contributed by atoms with Gasteiger partial charge in [-0.1, -0.05) is 13.0 Å². The normalized spacial score (nSPS) is 16.9. The summed E-state index contributed by atoms with van der Waals surface area (Å²) >= 11 is 0. The Labute approximate surface area is 103 Å². The van der Waals surface area contributed by atoms with Gasteiger partial charge in [0.2, 0.25) is 0 Å². The molecule has 1 aliphatic heterocycles. The third kappa shape index (κ3) is 3.68. The van der Waals surface area contributed by atoms with E-state index in [4.69, 9.17) is 4.74 Å². The molecule has 1 aromatic rings. The van der Waals surface area contributed by atoms with E-state index in [-0.39, 0.29) is 0 Å². The van der Waals surface area contributed by atoms with E-state index in [0.717, 1.165) is 51.6 Å². The molecule has 94 valence electrons. The standard InChI is InChI=1S/C13H21N3O/c1-2-14-10-12-4-5-13(15-11-12)16-6-3-8-17-9-7-16/h4-5,11,14H,2-3,6-10H2,1H3. The zero-order valence-corrected chi connectivity index (χ0v) is 10.5. The molecule has 0 bridgehead atoms. The molecular formula is C13H21N3O. The summed E-state index contributed by atoms with van der Waals surface area (Å²) < 4.78 is 5.44. The Bertz CT molecular complexity index is 318. The molecule has 0 aromatic carbocycles. The molecule has 0 radical (unpaired) electrons. The molecule has 4 nitrogen and oxygen atoms in total. The number of aromatic nitrogens is 1. The number of ether oxygens (including phenoxy) is 1. The van der Waals surface area contributed by atoms with Gasteiger partial charge in [-0.05, 0) is 24.6 Å². The minimum atomic E-state index is 0.806. The highest BCUT2D eigenvalue weighted by atomic mass is 16.5. The second-order valence-corrected chi connectivity index (χ2v) is 4.26. The van der Waals surface area contributed by atoms with Gasteiger partial charge in [-0.15, -0.1) is 0 Å². The van der Waals surface area contributed by atoms with Crippen molar-refractivity contribution in [2.45, 2.75) is 19.9 Å². The number of pyridine rings is 1. The van der Waals surface area contributed by atoms with Gasteiger partial charge in [-0.2, -0.15) is 0 Å². The van der Waals surface area contributed by atoms with E-state index in [1.165, 1.54) is 5.56 Å². The molecule has 1 N–H and O–H groups in total. The van der Waals surface area contributed by atoms with Crippen LogP contribution in [0.15, 0.2) is 18.3 Å². The van der Waals surface area contributed by atoms with Crippen molar-refractivity contribution < 1.29 is 4.74 Å². The first-order chi connectivity index (χ1) is 8.40. The highest BCUT2D eigenvalue weighted by Gasteiger charge is 2.10. The van der Waals surface area contributed by atoms with Crippen LogP contribution in [0.25, 0.3) is 0 Å². The zero-order chi connectivity index (χ0) is 11.9. The summed E-state index contributed by atoms with van der Waals surface area (Å²) in [4.78, 5) is 6.82. The van der Waals surface area contributed by atoms with Crippen LogP contribution in [0, 0.1) is 0 Å². The van der Waals surface area contributed by atoms with E-state index < -0.39 is 0 Å². The lowest BCUT2D eigenvalue weighted by Gasteiger charge is -2.20. The molecular weight excluding hydrogens is 214 g/mol. The maximum Gasteiger partial charge on any atom is 0.128 e. The average Bonchev–Trinajstić information content (AvgIpc) is 2.66. The summed E-state index contributed by atoms with van der Waals surface area (Å²) in [5.74, 6) is 1.07. The zero-order valence-electron chi connectivity index (χ0n) is 10.5. The maximum atomic E-state index is 5.44. The Balaban J connectivity index is 1.96. The molecule has 1 aliphatic rings. The van der Waals surface area contributed by atoms with E-state index in [2.05, 4.69) is 34.3 Å². The first-order valence-electron chi connectivity index (χ1n) is 6.38. The van der Waals surface area contributed by atoms with Crippen molar-refractivity contribution in [1.29, 1.82) is 0 Å². The molecule has 1 aromatic heterocycles. The maximum absolute atomic E-state index is 5.44. The molecule has 1 saturated heterocycles. The van der Waals surface area contributed by atoms with Gasteiger partial charge in [0.1, 0.15) is 5.82 Å². The molecule has 0 unspecified atom stereocenters. The number of hydrogen-bond acceptors (Lipinski definition) is 4. The number of hydrogen-bond donors (Lipinski definition) is 1. The summed E-state index contributed by atoms with van der Waals surface area (Å²) in [5, 5.41) is 3.30. The lowest BCUT2D eigenvalue weighted by Crippen LogP contribution is -2.26. The highest BCUT2D eigenvalue weighted by Crippen LogP contribution is 2.13. The predicted molar refractivity (Wildman–Crippen MR) is 69.3 cm³/mol. The summed E-state index contributed by atoms with van der Waals surface area (Å²) in [6.07, 6.45) is 3.05. The van der Waals surface area contributed by atoms with Crippen LogP contribution in [-0.2, 0) is 11.3 Å². The molecule has 4 heteroatoms. The van der Waals surface area contributed by atoms with E-state index >= 15 is 0 Å². The third-order valence-electron chi connectivity index (χ3n) is 2.93. The van der Waals surface area contributed by atoms with E-state index in [1.54, 1.807) is 0 Å². The predicted octanol–water partition coefficient (Wildman–Crippen LogP) is 1.42. The van der Waals surface area contributed by atoms with Crippen LogP contribution < -0.4 is 10.2 Å². The molecule has 0 aliphatic carbocycles. The molecule has 0 saturated carbocycles. The highest BCUT2D eigenvalue weighted by molar-refractivity contribution is 5.39. The van der Waals surface area contributed by atoms with Crippen molar-refractivity contribution in [2.24, 2.45) is 0 Å². The SMILES string of the molecule is CCNCc1ccc(N2CCCOCC2)nc1. The fourth-order valence-electron chi connectivity index (χ4n) is 1.95. The second kappa shape index (κ2) is 6.57. The van der Waals surface area contributed by atoms with Gasteiger partial charge in [-0.3, -0.25) is 0 Å². The Morgan fingerprint density at radius 3 is 3.06 bits per heavy atom. The number of rotatable bonds is 4. The lowest BCUT2D eigenvalue weighted by atomic mass is 10.2.